The molecule has 2 aromatic carbocycles. The zero-order valence-electron chi connectivity index (χ0n) is 16.2. The highest BCUT2D eigenvalue weighted by Crippen LogP contribution is 2.15. The second-order valence-corrected chi connectivity index (χ2v) is 7.94. The standard InChI is InChI=1S/C20H20N6OS2/c1-13-17(18(27)26(25(13)3)14-9-5-4-6-10-14)21-19(28)22-23-20-24(2)15-11-7-8-12-16(15)29-20/h4-12H,1-3H3,(H2,21,22,28)/b23-20+. The van der Waals surface area contributed by atoms with Crippen LogP contribution in [0.3, 0.4) is 0 Å². The molecule has 0 amide bonds. The highest BCUT2D eigenvalue weighted by atomic mass is 32.1. The molecule has 2 heterocycles. The summed E-state index contributed by atoms with van der Waals surface area (Å²) in [4.78, 5) is 13.7. The summed E-state index contributed by atoms with van der Waals surface area (Å²) in [6, 6.07) is 17.6. The number of thiazole rings is 1. The zero-order valence-corrected chi connectivity index (χ0v) is 17.8. The van der Waals surface area contributed by atoms with E-state index >= 15 is 0 Å². The highest BCUT2D eigenvalue weighted by Gasteiger charge is 2.16. The van der Waals surface area contributed by atoms with Crippen LogP contribution in [0.5, 0.6) is 0 Å². The Morgan fingerprint density at radius 2 is 1.76 bits per heavy atom. The van der Waals surface area contributed by atoms with Crippen LogP contribution in [0.4, 0.5) is 5.69 Å². The maximum Gasteiger partial charge on any atom is 0.295 e. The van der Waals surface area contributed by atoms with E-state index in [1.807, 2.05) is 74.1 Å². The minimum Gasteiger partial charge on any atom is -0.325 e. The topological polar surface area (TPSA) is 68.3 Å². The average Bonchev–Trinajstić information content (AvgIpc) is 3.16. The number of aromatic nitrogens is 3. The Labute approximate surface area is 176 Å². The van der Waals surface area contributed by atoms with Gasteiger partial charge in [-0.05, 0) is 43.4 Å². The summed E-state index contributed by atoms with van der Waals surface area (Å²) in [7, 11) is 3.79. The fourth-order valence-electron chi connectivity index (χ4n) is 3.14. The van der Waals surface area contributed by atoms with E-state index in [-0.39, 0.29) is 10.7 Å². The molecule has 2 aromatic heterocycles. The van der Waals surface area contributed by atoms with Gasteiger partial charge in [-0.25, -0.2) is 4.68 Å². The molecule has 4 rings (SSSR count). The molecule has 0 aliphatic carbocycles. The van der Waals surface area contributed by atoms with E-state index in [2.05, 4.69) is 21.9 Å². The molecular formula is C20H20N6OS2. The molecule has 2 N–H and O–H groups in total. The van der Waals surface area contributed by atoms with Gasteiger partial charge in [0.25, 0.3) is 5.56 Å². The van der Waals surface area contributed by atoms with E-state index in [0.717, 1.165) is 26.4 Å². The second-order valence-electron chi connectivity index (χ2n) is 6.53. The lowest BCUT2D eigenvalue weighted by Gasteiger charge is -2.07. The molecule has 0 saturated carbocycles. The van der Waals surface area contributed by atoms with Crippen LogP contribution in [0, 0.1) is 6.92 Å². The van der Waals surface area contributed by atoms with Gasteiger partial charge in [-0.15, -0.1) is 5.10 Å². The van der Waals surface area contributed by atoms with Crippen molar-refractivity contribution >= 4 is 44.6 Å². The number of aryl methyl sites for hydroxylation is 1. The summed E-state index contributed by atoms with van der Waals surface area (Å²) >= 11 is 6.93. The van der Waals surface area contributed by atoms with Gasteiger partial charge in [0.1, 0.15) is 5.69 Å². The number of fused-ring (bicyclic) bond motifs is 1. The molecule has 0 radical (unpaired) electrons. The van der Waals surface area contributed by atoms with Gasteiger partial charge >= 0.3 is 0 Å². The van der Waals surface area contributed by atoms with E-state index in [1.54, 1.807) is 20.7 Å². The molecule has 29 heavy (non-hydrogen) atoms. The van der Waals surface area contributed by atoms with Crippen LogP contribution in [-0.2, 0) is 14.1 Å². The van der Waals surface area contributed by atoms with Gasteiger partial charge in [0.05, 0.1) is 21.6 Å². The van der Waals surface area contributed by atoms with Crippen LogP contribution < -0.4 is 21.1 Å². The van der Waals surface area contributed by atoms with E-state index in [0.29, 0.717) is 5.69 Å². The third-order valence-electron chi connectivity index (χ3n) is 4.76. The van der Waals surface area contributed by atoms with Crippen LogP contribution in [0.15, 0.2) is 64.5 Å². The van der Waals surface area contributed by atoms with E-state index in [1.165, 1.54) is 0 Å². The maximum absolute atomic E-state index is 13.0. The second kappa shape index (κ2) is 7.69. The van der Waals surface area contributed by atoms with Gasteiger partial charge in [0.2, 0.25) is 4.80 Å². The number of nitrogens with zero attached hydrogens (tertiary/aromatic N) is 4. The third-order valence-corrected chi connectivity index (χ3v) is 6.07. The smallest absolute Gasteiger partial charge is 0.295 e. The first kappa shape index (κ1) is 19.2. The first-order valence-corrected chi connectivity index (χ1v) is 10.2. The van der Waals surface area contributed by atoms with Crippen molar-refractivity contribution in [3.05, 3.63) is 75.4 Å². The lowest BCUT2D eigenvalue weighted by atomic mass is 10.3. The zero-order chi connectivity index (χ0) is 20.5. The van der Waals surface area contributed by atoms with Crippen LogP contribution in [0.2, 0.25) is 0 Å². The number of para-hydroxylation sites is 2. The number of hydrogen-bond donors (Lipinski definition) is 2. The van der Waals surface area contributed by atoms with E-state index in [4.69, 9.17) is 12.2 Å². The number of nitrogens with one attached hydrogen (secondary N) is 2. The lowest BCUT2D eigenvalue weighted by molar-refractivity contribution is 0.630. The number of benzene rings is 2. The number of anilines is 1. The fraction of sp³-hybridized carbons (Fsp3) is 0.150. The molecule has 0 bridgehead atoms. The van der Waals surface area contributed by atoms with Crippen molar-refractivity contribution < 1.29 is 0 Å². The summed E-state index contributed by atoms with van der Waals surface area (Å²) in [5.41, 5.74) is 5.76. The summed E-state index contributed by atoms with van der Waals surface area (Å²) in [6.07, 6.45) is 0. The summed E-state index contributed by atoms with van der Waals surface area (Å²) in [5.74, 6) is 0. The maximum atomic E-state index is 13.0. The van der Waals surface area contributed by atoms with Gasteiger partial charge in [-0.2, -0.15) is 0 Å². The molecule has 0 atom stereocenters. The highest BCUT2D eigenvalue weighted by molar-refractivity contribution is 7.80. The first-order valence-electron chi connectivity index (χ1n) is 8.96. The monoisotopic (exact) mass is 424 g/mol. The van der Waals surface area contributed by atoms with Crippen molar-refractivity contribution in [2.75, 3.05) is 5.32 Å². The summed E-state index contributed by atoms with van der Waals surface area (Å²) in [6.45, 7) is 1.87. The molecule has 0 aliphatic heterocycles. The Hall–Kier alpha value is -3.17. The van der Waals surface area contributed by atoms with Gasteiger partial charge in [-0.3, -0.25) is 14.9 Å². The van der Waals surface area contributed by atoms with E-state index in [9.17, 15) is 4.79 Å². The normalized spacial score (nSPS) is 11.8. The van der Waals surface area contributed by atoms with Gasteiger partial charge in [0, 0.05) is 14.1 Å². The van der Waals surface area contributed by atoms with Crippen molar-refractivity contribution in [3.63, 3.8) is 0 Å². The third kappa shape index (κ3) is 3.50. The van der Waals surface area contributed by atoms with Crippen molar-refractivity contribution in [3.8, 4) is 5.69 Å². The Morgan fingerprint density at radius 1 is 1.07 bits per heavy atom. The van der Waals surface area contributed by atoms with Gasteiger partial charge < -0.3 is 9.88 Å². The van der Waals surface area contributed by atoms with Gasteiger partial charge in [0.15, 0.2) is 5.11 Å². The van der Waals surface area contributed by atoms with Crippen molar-refractivity contribution in [1.82, 2.24) is 19.4 Å². The van der Waals surface area contributed by atoms with Crippen molar-refractivity contribution in [2.24, 2.45) is 19.2 Å². The van der Waals surface area contributed by atoms with Crippen molar-refractivity contribution in [2.45, 2.75) is 6.92 Å². The molecule has 0 unspecified atom stereocenters. The molecule has 4 aromatic rings. The molecule has 7 nitrogen and oxygen atoms in total. The first-order chi connectivity index (χ1) is 14.0. The SMILES string of the molecule is Cc1c(NC(=S)N/N=c2/sc3ccccc3n2C)c(=O)n(-c2ccccc2)n1C. The largest absolute Gasteiger partial charge is 0.325 e. The minimum absolute atomic E-state index is 0.173. The van der Waals surface area contributed by atoms with Crippen molar-refractivity contribution in [1.29, 1.82) is 0 Å². The predicted octanol–water partition coefficient (Wildman–Crippen LogP) is 2.84. The molecule has 9 heteroatoms. The predicted molar refractivity (Wildman–Crippen MR) is 121 cm³/mol. The van der Waals surface area contributed by atoms with Crippen LogP contribution in [0.1, 0.15) is 5.69 Å². The quantitative estimate of drug-likeness (QED) is 0.392. The van der Waals surface area contributed by atoms with E-state index < -0.39 is 0 Å². The molecular weight excluding hydrogens is 404 g/mol. The Morgan fingerprint density at radius 3 is 2.48 bits per heavy atom. The minimum atomic E-state index is -0.173. The van der Waals surface area contributed by atoms with Crippen LogP contribution in [-0.4, -0.2) is 19.0 Å². The van der Waals surface area contributed by atoms with Crippen LogP contribution >= 0.6 is 23.6 Å². The Bertz CT molecular complexity index is 1330. The Kier molecular flexibility index (Phi) is 5.08. The lowest BCUT2D eigenvalue weighted by Crippen LogP contribution is -2.30. The number of hydrogen-bond acceptors (Lipinski definition) is 4. The molecule has 0 fully saturated rings. The molecule has 0 aliphatic rings. The average molecular weight is 425 g/mol. The molecule has 0 spiro atoms. The molecule has 0 saturated heterocycles. The molecule has 148 valence electrons. The number of rotatable bonds is 3. The summed E-state index contributed by atoms with van der Waals surface area (Å²) < 4.78 is 6.53. The van der Waals surface area contributed by atoms with Crippen LogP contribution in [0.25, 0.3) is 15.9 Å². The Balaban J connectivity index is 1.61. The fourth-order valence-corrected chi connectivity index (χ4v) is 4.27. The summed E-state index contributed by atoms with van der Waals surface area (Å²) in [5, 5.41) is 7.66. The van der Waals surface area contributed by atoms with Gasteiger partial charge in [-0.1, -0.05) is 41.7 Å². The number of thiocarbonyl (C=S) groups is 1.